The third-order valence-electron chi connectivity index (χ3n) is 7.39. The molecule has 4 fully saturated rings. The van der Waals surface area contributed by atoms with Crippen molar-refractivity contribution >= 4 is 29.9 Å². The maximum Gasteiger partial charge on any atom is 0.191 e. The number of hydrogen-bond acceptors (Lipinski definition) is 3. The van der Waals surface area contributed by atoms with Crippen molar-refractivity contribution in [2.45, 2.75) is 64.1 Å². The van der Waals surface area contributed by atoms with Gasteiger partial charge in [-0.15, -0.1) is 24.0 Å². The summed E-state index contributed by atoms with van der Waals surface area (Å²) in [5.41, 5.74) is 2.80. The summed E-state index contributed by atoms with van der Waals surface area (Å²) >= 11 is 0. The molecule has 0 amide bonds. The van der Waals surface area contributed by atoms with E-state index in [0.717, 1.165) is 37.4 Å². The van der Waals surface area contributed by atoms with Crippen LogP contribution in [-0.2, 0) is 11.3 Å². The van der Waals surface area contributed by atoms with Crippen LogP contribution in [0.4, 0.5) is 0 Å². The van der Waals surface area contributed by atoms with Crippen LogP contribution in [0.2, 0.25) is 0 Å². The van der Waals surface area contributed by atoms with Crippen LogP contribution >= 0.6 is 24.0 Å². The van der Waals surface area contributed by atoms with E-state index in [1.807, 2.05) is 7.05 Å². The van der Waals surface area contributed by atoms with Gasteiger partial charge in [0.05, 0.1) is 12.7 Å². The molecule has 1 saturated heterocycles. The number of fused-ring (bicyclic) bond motifs is 2. The lowest BCUT2D eigenvalue weighted by atomic mass is 9.46. The van der Waals surface area contributed by atoms with Crippen molar-refractivity contribution in [2.75, 3.05) is 20.3 Å². The molecule has 3 aliphatic carbocycles. The third kappa shape index (κ3) is 3.99. The van der Waals surface area contributed by atoms with Gasteiger partial charge in [0.15, 0.2) is 5.96 Å². The second-order valence-electron chi connectivity index (χ2n) is 9.24. The van der Waals surface area contributed by atoms with Gasteiger partial charge in [-0.1, -0.05) is 18.6 Å². The summed E-state index contributed by atoms with van der Waals surface area (Å²) in [6.45, 7) is 4.62. The molecule has 1 heterocycles. The molecule has 1 aromatic carbocycles. The molecular weight excluding hydrogens is 477 g/mol. The molecule has 3 saturated carbocycles. The van der Waals surface area contributed by atoms with E-state index < -0.39 is 0 Å². The first-order valence-electron chi connectivity index (χ1n) is 11.0. The molecule has 3 unspecified atom stereocenters. The summed E-state index contributed by atoms with van der Waals surface area (Å²) in [4.78, 5) is 4.51. The molecule has 0 radical (unpaired) electrons. The molecule has 3 atom stereocenters. The van der Waals surface area contributed by atoms with Gasteiger partial charge in [-0.2, -0.15) is 0 Å². The minimum atomic E-state index is 0. The topological polar surface area (TPSA) is 54.9 Å². The van der Waals surface area contributed by atoms with E-state index in [2.05, 4.69) is 40.7 Å². The van der Waals surface area contributed by atoms with Crippen LogP contribution < -0.4 is 15.4 Å². The smallest absolute Gasteiger partial charge is 0.191 e. The van der Waals surface area contributed by atoms with Gasteiger partial charge in [-0.25, -0.2) is 0 Å². The minimum Gasteiger partial charge on any atom is -0.493 e. The lowest BCUT2D eigenvalue weighted by Crippen LogP contribution is -2.72. The van der Waals surface area contributed by atoms with Gasteiger partial charge in [0.2, 0.25) is 0 Å². The Kier molecular flexibility index (Phi) is 6.30. The van der Waals surface area contributed by atoms with E-state index in [0.29, 0.717) is 23.5 Å². The summed E-state index contributed by atoms with van der Waals surface area (Å²) in [6.07, 6.45) is 8.20. The zero-order chi connectivity index (χ0) is 19.1. The SMILES string of the molecule is CN=C(NCc1ccc(C)cc1OCC1CC1)NC1C2CCOC2C12CCC2.I. The number of aryl methyl sites for hydroxylation is 1. The quantitative estimate of drug-likeness (QED) is 0.344. The summed E-state index contributed by atoms with van der Waals surface area (Å²) in [7, 11) is 1.86. The van der Waals surface area contributed by atoms with Crippen LogP contribution in [0.25, 0.3) is 0 Å². The Labute approximate surface area is 191 Å². The van der Waals surface area contributed by atoms with Crippen LogP contribution in [0, 0.1) is 24.2 Å². The molecule has 5 nitrogen and oxygen atoms in total. The van der Waals surface area contributed by atoms with Crippen LogP contribution in [0.15, 0.2) is 23.2 Å². The van der Waals surface area contributed by atoms with Crippen molar-refractivity contribution in [3.8, 4) is 5.75 Å². The molecule has 1 aliphatic heterocycles. The highest BCUT2D eigenvalue weighted by molar-refractivity contribution is 14.0. The summed E-state index contributed by atoms with van der Waals surface area (Å²) in [5.74, 6) is 3.32. The number of nitrogens with one attached hydrogen (secondary N) is 2. The molecule has 160 valence electrons. The zero-order valence-electron chi connectivity index (χ0n) is 17.6. The number of benzene rings is 1. The van der Waals surface area contributed by atoms with Crippen molar-refractivity contribution in [3.63, 3.8) is 0 Å². The van der Waals surface area contributed by atoms with Crippen molar-refractivity contribution in [3.05, 3.63) is 29.3 Å². The van der Waals surface area contributed by atoms with Crippen LogP contribution in [-0.4, -0.2) is 38.4 Å². The van der Waals surface area contributed by atoms with E-state index in [9.17, 15) is 0 Å². The fourth-order valence-electron chi connectivity index (χ4n) is 5.41. The predicted octanol–water partition coefficient (Wildman–Crippen LogP) is 4.02. The molecule has 5 rings (SSSR count). The molecule has 1 aromatic rings. The Morgan fingerprint density at radius 2 is 2.10 bits per heavy atom. The fourth-order valence-corrected chi connectivity index (χ4v) is 5.41. The van der Waals surface area contributed by atoms with E-state index in [4.69, 9.17) is 9.47 Å². The highest BCUT2D eigenvalue weighted by atomic mass is 127. The van der Waals surface area contributed by atoms with Crippen LogP contribution in [0.3, 0.4) is 0 Å². The van der Waals surface area contributed by atoms with Crippen LogP contribution in [0.5, 0.6) is 5.75 Å². The molecule has 2 N–H and O–H groups in total. The van der Waals surface area contributed by atoms with Crippen molar-refractivity contribution in [1.82, 2.24) is 10.6 Å². The summed E-state index contributed by atoms with van der Waals surface area (Å²) in [5, 5.41) is 7.28. The lowest BCUT2D eigenvalue weighted by molar-refractivity contribution is -0.171. The molecule has 29 heavy (non-hydrogen) atoms. The Morgan fingerprint density at radius 1 is 1.28 bits per heavy atom. The summed E-state index contributed by atoms with van der Waals surface area (Å²) < 4.78 is 12.2. The normalized spacial score (nSPS) is 29.3. The number of halogens is 1. The number of ether oxygens (including phenoxy) is 2. The largest absolute Gasteiger partial charge is 0.493 e. The maximum atomic E-state index is 6.12. The van der Waals surface area contributed by atoms with E-state index in [-0.39, 0.29) is 24.0 Å². The highest BCUT2D eigenvalue weighted by Crippen LogP contribution is 2.62. The molecule has 4 aliphatic rings. The number of nitrogens with zero attached hydrogens (tertiary/aromatic N) is 1. The second kappa shape index (κ2) is 8.61. The predicted molar refractivity (Wildman–Crippen MR) is 126 cm³/mol. The average Bonchev–Trinajstić information content (AvgIpc) is 3.39. The van der Waals surface area contributed by atoms with Gasteiger partial charge >= 0.3 is 0 Å². The van der Waals surface area contributed by atoms with Crippen molar-refractivity contribution in [1.29, 1.82) is 0 Å². The third-order valence-corrected chi connectivity index (χ3v) is 7.39. The summed E-state index contributed by atoms with van der Waals surface area (Å²) in [6, 6.07) is 7.00. The monoisotopic (exact) mass is 511 g/mol. The van der Waals surface area contributed by atoms with Gasteiger partial charge < -0.3 is 20.1 Å². The number of hydrogen-bond donors (Lipinski definition) is 2. The Morgan fingerprint density at radius 3 is 2.79 bits per heavy atom. The Bertz CT molecular complexity index is 760. The minimum absolute atomic E-state index is 0. The van der Waals surface area contributed by atoms with Gasteiger partial charge in [-0.05, 0) is 56.6 Å². The first kappa shape index (κ1) is 21.2. The average molecular weight is 511 g/mol. The number of aliphatic imine (C=N–C) groups is 1. The first-order chi connectivity index (χ1) is 13.7. The zero-order valence-corrected chi connectivity index (χ0v) is 19.9. The lowest BCUT2D eigenvalue weighted by Gasteiger charge is -2.63. The van der Waals surface area contributed by atoms with Gasteiger partial charge in [0.25, 0.3) is 0 Å². The Balaban J connectivity index is 0.00000205. The van der Waals surface area contributed by atoms with Gasteiger partial charge in [-0.3, -0.25) is 4.99 Å². The van der Waals surface area contributed by atoms with Crippen molar-refractivity contribution < 1.29 is 9.47 Å². The van der Waals surface area contributed by atoms with Crippen molar-refractivity contribution in [2.24, 2.45) is 22.2 Å². The number of guanidine groups is 1. The first-order valence-corrected chi connectivity index (χ1v) is 11.0. The number of rotatable bonds is 6. The van der Waals surface area contributed by atoms with Gasteiger partial charge in [0.1, 0.15) is 5.75 Å². The van der Waals surface area contributed by atoms with Crippen LogP contribution in [0.1, 0.15) is 49.7 Å². The maximum absolute atomic E-state index is 6.12. The Hall–Kier alpha value is -1.02. The van der Waals surface area contributed by atoms with Gasteiger partial charge in [0, 0.05) is 43.1 Å². The standard InChI is InChI=1S/C23H33N3O2.HI/c1-15-4-7-17(19(12-15)28-14-16-5-6-16)13-25-22(24-2)26-20-18-8-11-27-21(18)23(20)9-3-10-23;/h4,7,12,16,18,20-21H,3,5-6,8-11,13-14H2,1-2H3,(H2,24,25,26);1H. The fraction of sp³-hybridized carbons (Fsp3) is 0.696. The van der Waals surface area contributed by atoms with E-state index in [1.54, 1.807) is 0 Å². The van der Waals surface area contributed by atoms with E-state index in [1.165, 1.54) is 49.7 Å². The molecule has 1 spiro atoms. The highest BCUT2D eigenvalue weighted by Gasteiger charge is 2.66. The molecule has 0 aromatic heterocycles. The molecule has 0 bridgehead atoms. The van der Waals surface area contributed by atoms with E-state index >= 15 is 0 Å². The second-order valence-corrected chi connectivity index (χ2v) is 9.24. The molecular formula is C23H34IN3O2. The molecule has 6 heteroatoms.